The van der Waals surface area contributed by atoms with E-state index in [1.807, 2.05) is 62.4 Å². The van der Waals surface area contributed by atoms with Crippen LogP contribution in [-0.2, 0) is 14.4 Å². The zero-order valence-electron chi connectivity index (χ0n) is 24.3. The predicted octanol–water partition coefficient (Wildman–Crippen LogP) is 2.37. The van der Waals surface area contributed by atoms with Gasteiger partial charge in [0.1, 0.15) is 29.7 Å². The Labute approximate surface area is 241 Å². The highest BCUT2D eigenvalue weighted by Crippen LogP contribution is 2.25. The summed E-state index contributed by atoms with van der Waals surface area (Å²) < 4.78 is 5.96. The molecule has 0 aliphatic heterocycles. The van der Waals surface area contributed by atoms with Crippen molar-refractivity contribution in [3.05, 3.63) is 54.1 Å². The lowest BCUT2D eigenvalue weighted by Crippen LogP contribution is -2.49. The number of aliphatic carboxylic acids is 1. The molecule has 11 heteroatoms. The summed E-state index contributed by atoms with van der Waals surface area (Å²) in [6.45, 7) is 8.91. The van der Waals surface area contributed by atoms with Gasteiger partial charge in [0.15, 0.2) is 6.10 Å². The number of carboxylic acids is 1. The first-order chi connectivity index (χ1) is 19.3. The number of carbonyl (C=O) groups is 3. The van der Waals surface area contributed by atoms with Crippen molar-refractivity contribution in [3.63, 3.8) is 0 Å². The largest absolute Gasteiger partial charge is 0.483 e. The third-order valence-electron chi connectivity index (χ3n) is 6.53. The molecule has 0 radical (unpaired) electrons. The second kappa shape index (κ2) is 15.7. The third-order valence-corrected chi connectivity index (χ3v) is 6.53. The zero-order valence-corrected chi connectivity index (χ0v) is 24.3. The van der Waals surface area contributed by atoms with Crippen molar-refractivity contribution in [3.8, 4) is 16.9 Å². The second-order valence-electron chi connectivity index (χ2n) is 10.4. The molecule has 5 atom stereocenters. The number of benzene rings is 2. The fourth-order valence-corrected chi connectivity index (χ4v) is 3.92. The van der Waals surface area contributed by atoms with E-state index in [2.05, 4.69) is 15.6 Å². The van der Waals surface area contributed by atoms with Crippen LogP contribution >= 0.6 is 0 Å². The van der Waals surface area contributed by atoms with E-state index in [-0.39, 0.29) is 24.7 Å². The quantitative estimate of drug-likeness (QED) is 0.107. The van der Waals surface area contributed by atoms with Gasteiger partial charge < -0.3 is 37.1 Å². The standard InChI is InChI=1S/C30H43N5O6/c1-17(2)26(29(38)34-18(3)28(37)33-15-7-10-25(31)30(39)40)35-27(32)20(5)41-24-13-11-21(12-14-24)23-9-6-8-22(16-23)19(4)36/h6,8-9,11-14,16-20,25-26,36H,7,10,15,31H2,1-5H3,(H2,32,35)(H,33,37)(H,34,38)(H,39,40)/t18?,19-,20-,25+,26+/m1/s1. The number of aliphatic hydroxyl groups excluding tert-OH is 1. The minimum Gasteiger partial charge on any atom is -0.483 e. The molecule has 0 heterocycles. The Morgan fingerprint density at radius 3 is 2.22 bits per heavy atom. The number of amidine groups is 1. The number of nitrogens with two attached hydrogens (primary N) is 2. The predicted molar refractivity (Wildman–Crippen MR) is 158 cm³/mol. The number of nitrogens with one attached hydrogen (secondary N) is 2. The average Bonchev–Trinajstić information content (AvgIpc) is 2.93. The highest BCUT2D eigenvalue weighted by Gasteiger charge is 2.26. The SMILES string of the molecule is CC(NC(=O)[C@@H](N=C(N)[C@@H](C)Oc1ccc(-c2cccc([C@@H](C)O)c2)cc1)C(C)C)C(=O)NCCC[C@H](N)C(=O)O. The van der Waals surface area contributed by atoms with Gasteiger partial charge in [-0.25, -0.2) is 0 Å². The first-order valence-electron chi connectivity index (χ1n) is 13.7. The minimum atomic E-state index is -1.09. The number of hydrogen-bond acceptors (Lipinski definition) is 7. The summed E-state index contributed by atoms with van der Waals surface area (Å²) in [5.74, 6) is -1.44. The van der Waals surface area contributed by atoms with Gasteiger partial charge in [-0.1, -0.05) is 44.2 Å². The van der Waals surface area contributed by atoms with Gasteiger partial charge in [-0.15, -0.1) is 0 Å². The van der Waals surface area contributed by atoms with Gasteiger partial charge in [-0.2, -0.15) is 0 Å². The number of hydrogen-bond donors (Lipinski definition) is 6. The van der Waals surface area contributed by atoms with E-state index in [0.717, 1.165) is 16.7 Å². The summed E-state index contributed by atoms with van der Waals surface area (Å²) in [7, 11) is 0. The number of rotatable bonds is 15. The maximum absolute atomic E-state index is 13.0. The van der Waals surface area contributed by atoms with Gasteiger partial charge in [0, 0.05) is 6.54 Å². The van der Waals surface area contributed by atoms with Crippen molar-refractivity contribution in [2.24, 2.45) is 22.4 Å². The Morgan fingerprint density at radius 1 is 0.976 bits per heavy atom. The van der Waals surface area contributed by atoms with Crippen LogP contribution in [0.1, 0.15) is 59.1 Å². The van der Waals surface area contributed by atoms with Gasteiger partial charge in [0.2, 0.25) is 11.8 Å². The van der Waals surface area contributed by atoms with E-state index in [1.165, 1.54) is 0 Å². The number of aliphatic hydroxyl groups is 1. The number of carboxylic acid groups (broad SMARTS) is 1. The number of aliphatic imine (C=N–C) groups is 1. The fraction of sp³-hybridized carbons (Fsp3) is 0.467. The summed E-state index contributed by atoms with van der Waals surface area (Å²) in [5.41, 5.74) is 14.4. The van der Waals surface area contributed by atoms with Crippen LogP contribution in [0.2, 0.25) is 0 Å². The van der Waals surface area contributed by atoms with E-state index in [1.54, 1.807) is 20.8 Å². The Morgan fingerprint density at radius 2 is 1.63 bits per heavy atom. The van der Waals surface area contributed by atoms with E-state index < -0.39 is 48.1 Å². The summed E-state index contributed by atoms with van der Waals surface area (Å²) in [5, 5.41) is 24.0. The third kappa shape index (κ3) is 10.5. The Bertz CT molecular complexity index is 1200. The van der Waals surface area contributed by atoms with Crippen molar-refractivity contribution in [1.29, 1.82) is 0 Å². The van der Waals surface area contributed by atoms with Gasteiger partial charge in [-0.3, -0.25) is 19.4 Å². The highest BCUT2D eigenvalue weighted by molar-refractivity contribution is 5.92. The average molecular weight is 570 g/mol. The van der Waals surface area contributed by atoms with Crippen LogP contribution < -0.4 is 26.8 Å². The molecule has 0 saturated carbocycles. The highest BCUT2D eigenvalue weighted by atomic mass is 16.5. The van der Waals surface area contributed by atoms with Gasteiger partial charge in [-0.05, 0) is 74.4 Å². The van der Waals surface area contributed by atoms with E-state index in [4.69, 9.17) is 21.3 Å². The maximum atomic E-state index is 13.0. The molecule has 8 N–H and O–H groups in total. The molecule has 224 valence electrons. The van der Waals surface area contributed by atoms with E-state index >= 15 is 0 Å². The molecule has 0 aromatic heterocycles. The second-order valence-corrected chi connectivity index (χ2v) is 10.4. The summed E-state index contributed by atoms with van der Waals surface area (Å²) >= 11 is 0. The molecule has 2 aromatic carbocycles. The van der Waals surface area contributed by atoms with Crippen LogP contribution in [0.3, 0.4) is 0 Å². The normalized spacial score (nSPS) is 15.4. The molecule has 11 nitrogen and oxygen atoms in total. The van der Waals surface area contributed by atoms with E-state index in [9.17, 15) is 19.5 Å². The smallest absolute Gasteiger partial charge is 0.320 e. The number of carbonyl (C=O) groups excluding carboxylic acids is 2. The first-order valence-corrected chi connectivity index (χ1v) is 13.7. The zero-order chi connectivity index (χ0) is 30.7. The molecule has 41 heavy (non-hydrogen) atoms. The number of amides is 2. The molecule has 1 unspecified atom stereocenters. The molecule has 2 amide bonds. The summed E-state index contributed by atoms with van der Waals surface area (Å²) in [4.78, 5) is 40.5. The number of ether oxygens (including phenoxy) is 1. The van der Waals surface area contributed by atoms with Crippen molar-refractivity contribution < 1.29 is 29.3 Å². The fourth-order valence-electron chi connectivity index (χ4n) is 3.92. The summed E-state index contributed by atoms with van der Waals surface area (Å²) in [6, 6.07) is 12.5. The van der Waals surface area contributed by atoms with Crippen LogP contribution in [0.15, 0.2) is 53.5 Å². The molecule has 0 aliphatic rings. The van der Waals surface area contributed by atoms with Crippen molar-refractivity contribution >= 4 is 23.6 Å². The van der Waals surface area contributed by atoms with Gasteiger partial charge in [0.05, 0.1) is 6.10 Å². The Balaban J connectivity index is 1.96. The van der Waals surface area contributed by atoms with Gasteiger partial charge >= 0.3 is 5.97 Å². The molecule has 0 fully saturated rings. The maximum Gasteiger partial charge on any atom is 0.320 e. The van der Waals surface area contributed by atoms with Crippen molar-refractivity contribution in [1.82, 2.24) is 10.6 Å². The topological polar surface area (TPSA) is 189 Å². The van der Waals surface area contributed by atoms with E-state index in [0.29, 0.717) is 12.2 Å². The van der Waals surface area contributed by atoms with Gasteiger partial charge in [0.25, 0.3) is 0 Å². The Kier molecular flexibility index (Phi) is 12.8. The molecule has 2 rings (SSSR count). The molecular formula is C30H43N5O6. The van der Waals surface area contributed by atoms with Crippen LogP contribution in [-0.4, -0.2) is 64.6 Å². The molecule has 0 aliphatic carbocycles. The monoisotopic (exact) mass is 569 g/mol. The van der Waals surface area contributed by atoms with Crippen LogP contribution in [0.4, 0.5) is 0 Å². The minimum absolute atomic E-state index is 0.138. The van der Waals surface area contributed by atoms with Crippen LogP contribution in [0.25, 0.3) is 11.1 Å². The first kappa shape index (κ1) is 33.2. The molecule has 2 aromatic rings. The molecule has 0 bridgehead atoms. The lowest BCUT2D eigenvalue weighted by Gasteiger charge is -2.22. The Hall–Kier alpha value is -3.96. The summed E-state index contributed by atoms with van der Waals surface area (Å²) in [6.07, 6.45) is -0.556. The lowest BCUT2D eigenvalue weighted by atomic mass is 10.0. The number of nitrogens with zero attached hydrogens (tertiary/aromatic N) is 1. The van der Waals surface area contributed by atoms with Crippen molar-refractivity contribution in [2.45, 2.75) is 77.8 Å². The van der Waals surface area contributed by atoms with Crippen molar-refractivity contribution in [2.75, 3.05) is 6.54 Å². The molecular weight excluding hydrogens is 526 g/mol. The van der Waals surface area contributed by atoms with Crippen LogP contribution in [0, 0.1) is 5.92 Å². The molecule has 0 spiro atoms. The van der Waals surface area contributed by atoms with Crippen LogP contribution in [0.5, 0.6) is 5.75 Å². The molecule has 0 saturated heterocycles. The lowest BCUT2D eigenvalue weighted by molar-refractivity contribution is -0.138.